The van der Waals surface area contributed by atoms with E-state index in [2.05, 4.69) is 20.7 Å². The van der Waals surface area contributed by atoms with Crippen molar-refractivity contribution in [3.05, 3.63) is 27.2 Å². The average Bonchev–Trinajstić information content (AvgIpc) is 2.11. The van der Waals surface area contributed by atoms with Gasteiger partial charge in [0.05, 0.1) is 10.6 Å². The molecule has 7 heteroatoms. The van der Waals surface area contributed by atoms with Crippen molar-refractivity contribution in [2.75, 3.05) is 0 Å². The van der Waals surface area contributed by atoms with Crippen molar-refractivity contribution in [2.24, 2.45) is 0 Å². The Morgan fingerprint density at radius 1 is 1.53 bits per heavy atom. The smallest absolute Gasteiger partial charge is 0.387 e. The van der Waals surface area contributed by atoms with Gasteiger partial charge in [0, 0.05) is 4.47 Å². The molecule has 1 aromatic carbocycles. The van der Waals surface area contributed by atoms with Gasteiger partial charge in [0.15, 0.2) is 0 Å². The normalized spacial score (nSPS) is 10.5. The van der Waals surface area contributed by atoms with Gasteiger partial charge in [-0.3, -0.25) is 0 Å². The molecule has 0 atom stereocenters. The van der Waals surface area contributed by atoms with Crippen molar-refractivity contribution in [1.82, 2.24) is 0 Å². The first-order valence-corrected chi connectivity index (χ1v) is 4.76. The van der Waals surface area contributed by atoms with Crippen molar-refractivity contribution in [1.29, 1.82) is 0 Å². The Labute approximate surface area is 96.7 Å². The molecule has 1 N–H and O–H groups in total. The van der Waals surface area contributed by atoms with E-state index < -0.39 is 12.6 Å². The van der Waals surface area contributed by atoms with Gasteiger partial charge in [0.25, 0.3) is 0 Å². The maximum Gasteiger partial charge on any atom is 0.387 e. The van der Waals surface area contributed by atoms with Gasteiger partial charge in [0.2, 0.25) is 0 Å². The van der Waals surface area contributed by atoms with Gasteiger partial charge >= 0.3 is 12.6 Å². The first-order chi connectivity index (χ1) is 6.91. The third kappa shape index (κ3) is 3.04. The molecule has 0 aliphatic rings. The highest BCUT2D eigenvalue weighted by Crippen LogP contribution is 2.34. The maximum absolute atomic E-state index is 11.9. The van der Waals surface area contributed by atoms with E-state index in [-0.39, 0.29) is 20.8 Å². The van der Waals surface area contributed by atoms with Crippen molar-refractivity contribution < 1.29 is 23.4 Å². The lowest BCUT2D eigenvalue weighted by atomic mass is 10.2. The molecular formula is C8H4BrClF2O3. The predicted octanol–water partition coefficient (Wildman–Crippen LogP) is 3.40. The first-order valence-electron chi connectivity index (χ1n) is 3.59. The second-order valence-corrected chi connectivity index (χ2v) is 3.69. The van der Waals surface area contributed by atoms with Gasteiger partial charge in [-0.2, -0.15) is 8.78 Å². The van der Waals surface area contributed by atoms with Crippen LogP contribution in [-0.2, 0) is 0 Å². The van der Waals surface area contributed by atoms with Crippen molar-refractivity contribution in [3.63, 3.8) is 0 Å². The molecule has 0 unspecified atom stereocenters. The molecular weight excluding hydrogens is 297 g/mol. The van der Waals surface area contributed by atoms with E-state index in [1.807, 2.05) is 0 Å². The fourth-order valence-electron chi connectivity index (χ4n) is 0.869. The Morgan fingerprint density at radius 3 is 2.60 bits per heavy atom. The highest BCUT2D eigenvalue weighted by atomic mass is 79.9. The molecule has 0 saturated carbocycles. The Balaban J connectivity index is 3.19. The van der Waals surface area contributed by atoms with Gasteiger partial charge in [-0.1, -0.05) is 11.6 Å². The zero-order valence-electron chi connectivity index (χ0n) is 7.01. The van der Waals surface area contributed by atoms with Gasteiger partial charge in [-0.25, -0.2) is 4.79 Å². The SMILES string of the molecule is O=C(O)c1cc(Br)c(Cl)c(OC(F)F)c1. The van der Waals surface area contributed by atoms with Crippen molar-refractivity contribution in [2.45, 2.75) is 6.61 Å². The van der Waals surface area contributed by atoms with Crippen LogP contribution in [0.25, 0.3) is 0 Å². The standard InChI is InChI=1S/C8H4BrClF2O3/c9-4-1-3(7(13)14)2-5(6(4)10)15-8(11)12/h1-2,8H,(H,13,14). The number of carboxylic acids is 1. The number of halogens is 4. The second-order valence-electron chi connectivity index (χ2n) is 2.45. The van der Waals surface area contributed by atoms with Crippen LogP contribution < -0.4 is 4.74 Å². The Bertz CT molecular complexity index is 398. The van der Waals surface area contributed by atoms with Crippen LogP contribution in [0.4, 0.5) is 8.78 Å². The molecule has 15 heavy (non-hydrogen) atoms. The Morgan fingerprint density at radius 2 is 2.13 bits per heavy atom. The highest BCUT2D eigenvalue weighted by Gasteiger charge is 2.15. The molecule has 3 nitrogen and oxygen atoms in total. The van der Waals surface area contributed by atoms with E-state index in [9.17, 15) is 13.6 Å². The number of carboxylic acid groups (broad SMARTS) is 1. The van der Waals surface area contributed by atoms with Crippen LogP contribution in [0.2, 0.25) is 5.02 Å². The van der Waals surface area contributed by atoms with Gasteiger partial charge in [0.1, 0.15) is 5.75 Å². The minimum atomic E-state index is -3.06. The van der Waals surface area contributed by atoms with E-state index in [1.54, 1.807) is 0 Å². The fourth-order valence-corrected chi connectivity index (χ4v) is 1.46. The molecule has 1 aromatic rings. The molecule has 0 aliphatic heterocycles. The van der Waals surface area contributed by atoms with Crippen LogP contribution >= 0.6 is 27.5 Å². The highest BCUT2D eigenvalue weighted by molar-refractivity contribution is 9.10. The molecule has 1 rings (SSSR count). The van der Waals surface area contributed by atoms with Crippen LogP contribution in [-0.4, -0.2) is 17.7 Å². The minimum Gasteiger partial charge on any atom is -0.478 e. The first kappa shape index (κ1) is 12.2. The van der Waals surface area contributed by atoms with E-state index in [0.29, 0.717) is 0 Å². The molecule has 0 amide bonds. The molecule has 0 aromatic heterocycles. The summed E-state index contributed by atoms with van der Waals surface area (Å²) >= 11 is 8.55. The number of rotatable bonds is 3. The second kappa shape index (κ2) is 4.76. The lowest BCUT2D eigenvalue weighted by molar-refractivity contribution is -0.0498. The summed E-state index contributed by atoms with van der Waals surface area (Å²) in [6.45, 7) is -3.06. The number of carbonyl (C=O) groups is 1. The van der Waals surface area contributed by atoms with E-state index in [0.717, 1.165) is 6.07 Å². The number of aromatic carboxylic acids is 1. The third-order valence-corrected chi connectivity index (χ3v) is 2.70. The van der Waals surface area contributed by atoms with Crippen LogP contribution in [0.15, 0.2) is 16.6 Å². The molecule has 0 radical (unpaired) electrons. The number of benzene rings is 1. The van der Waals surface area contributed by atoms with Crippen LogP contribution in [0.3, 0.4) is 0 Å². The largest absolute Gasteiger partial charge is 0.478 e. The zero-order chi connectivity index (χ0) is 11.6. The summed E-state index contributed by atoms with van der Waals surface area (Å²) in [6.07, 6.45) is 0. The Kier molecular flexibility index (Phi) is 3.87. The average molecular weight is 301 g/mol. The summed E-state index contributed by atoms with van der Waals surface area (Å²) in [7, 11) is 0. The number of hydrogen-bond donors (Lipinski definition) is 1. The lowest BCUT2D eigenvalue weighted by Crippen LogP contribution is -2.04. The van der Waals surface area contributed by atoms with Crippen LogP contribution in [0.5, 0.6) is 5.75 Å². The van der Waals surface area contributed by atoms with E-state index in [1.165, 1.54) is 6.07 Å². The van der Waals surface area contributed by atoms with Crippen LogP contribution in [0.1, 0.15) is 10.4 Å². The van der Waals surface area contributed by atoms with Gasteiger partial charge < -0.3 is 9.84 Å². The summed E-state index contributed by atoms with van der Waals surface area (Å²) in [5.74, 6) is -1.63. The quantitative estimate of drug-likeness (QED) is 0.930. The number of hydrogen-bond acceptors (Lipinski definition) is 2. The summed E-state index contributed by atoms with van der Waals surface area (Å²) in [6, 6.07) is 2.13. The topological polar surface area (TPSA) is 46.5 Å². The number of ether oxygens (including phenoxy) is 1. The molecule has 0 heterocycles. The molecule has 82 valence electrons. The molecule has 0 bridgehead atoms. The Hall–Kier alpha value is -0.880. The van der Waals surface area contributed by atoms with Crippen molar-refractivity contribution in [3.8, 4) is 5.75 Å². The van der Waals surface area contributed by atoms with Gasteiger partial charge in [-0.15, -0.1) is 0 Å². The monoisotopic (exact) mass is 300 g/mol. The van der Waals surface area contributed by atoms with Gasteiger partial charge in [-0.05, 0) is 28.1 Å². The number of alkyl halides is 2. The van der Waals surface area contributed by atoms with Crippen LogP contribution in [0, 0.1) is 0 Å². The summed E-state index contributed by atoms with van der Waals surface area (Å²) in [5.41, 5.74) is -0.193. The molecule has 0 aliphatic carbocycles. The zero-order valence-corrected chi connectivity index (χ0v) is 9.35. The lowest BCUT2D eigenvalue weighted by Gasteiger charge is -2.08. The van der Waals surface area contributed by atoms with Crippen molar-refractivity contribution >= 4 is 33.5 Å². The minimum absolute atomic E-state index is 0.0969. The third-order valence-electron chi connectivity index (χ3n) is 1.46. The van der Waals surface area contributed by atoms with E-state index in [4.69, 9.17) is 16.7 Å². The van der Waals surface area contributed by atoms with E-state index >= 15 is 0 Å². The summed E-state index contributed by atoms with van der Waals surface area (Å²) in [4.78, 5) is 10.6. The molecule has 0 spiro atoms. The maximum atomic E-state index is 11.9. The fraction of sp³-hybridized carbons (Fsp3) is 0.125. The molecule has 0 fully saturated rings. The molecule has 0 saturated heterocycles. The predicted molar refractivity (Wildman–Crippen MR) is 52.7 cm³/mol. The summed E-state index contributed by atoms with van der Waals surface area (Å²) in [5, 5.41) is 8.55. The summed E-state index contributed by atoms with van der Waals surface area (Å²) < 4.78 is 28.1.